The minimum absolute atomic E-state index is 0.132. The lowest BCUT2D eigenvalue weighted by atomic mass is 10.0. The molecule has 156 valence electrons. The number of rotatable bonds is 6. The van der Waals surface area contributed by atoms with Crippen molar-refractivity contribution in [2.24, 2.45) is 0 Å². The van der Waals surface area contributed by atoms with E-state index in [0.29, 0.717) is 22.8 Å². The van der Waals surface area contributed by atoms with Gasteiger partial charge in [-0.25, -0.2) is 4.98 Å². The SMILES string of the molecule is COc1ccc(-c2cc(Nc3nc4ccccn4c(=O)c3[N+](=O)[O-])ccc2OC)cc1. The number of anilines is 2. The summed E-state index contributed by atoms with van der Waals surface area (Å²) >= 11 is 0. The van der Waals surface area contributed by atoms with Crippen LogP contribution in [0.15, 0.2) is 71.7 Å². The zero-order valence-corrected chi connectivity index (χ0v) is 16.7. The maximum Gasteiger partial charge on any atom is 0.376 e. The molecule has 0 spiro atoms. The fraction of sp³-hybridized carbons (Fsp3) is 0.0909. The number of ether oxygens (including phenoxy) is 2. The van der Waals surface area contributed by atoms with Gasteiger partial charge in [-0.15, -0.1) is 0 Å². The quantitative estimate of drug-likeness (QED) is 0.372. The molecule has 9 heteroatoms. The molecular formula is C22H18N4O5. The Hall–Kier alpha value is -4.40. The smallest absolute Gasteiger partial charge is 0.376 e. The van der Waals surface area contributed by atoms with E-state index >= 15 is 0 Å². The number of aromatic nitrogens is 2. The summed E-state index contributed by atoms with van der Waals surface area (Å²) in [6.45, 7) is 0. The summed E-state index contributed by atoms with van der Waals surface area (Å²) in [4.78, 5) is 27.8. The predicted octanol–water partition coefficient (Wildman–Crippen LogP) is 4.03. The standard InChI is InChI=1S/C22H18N4O5/c1-30-16-9-6-14(7-10-16)17-13-15(8-11-18(17)31-2)23-21-20(26(28)29)22(27)25-12-4-3-5-19(25)24-21/h3-13,23H,1-2H3. The Bertz CT molecular complexity index is 1330. The number of nitrogens with one attached hydrogen (secondary N) is 1. The number of methoxy groups -OCH3 is 2. The van der Waals surface area contributed by atoms with Crippen molar-refractivity contribution in [1.29, 1.82) is 0 Å². The van der Waals surface area contributed by atoms with Crippen LogP contribution in [0.1, 0.15) is 0 Å². The summed E-state index contributed by atoms with van der Waals surface area (Å²) < 4.78 is 11.8. The maximum absolute atomic E-state index is 12.6. The largest absolute Gasteiger partial charge is 0.497 e. The molecule has 4 aromatic rings. The van der Waals surface area contributed by atoms with Gasteiger partial charge in [0.2, 0.25) is 5.82 Å². The molecule has 0 radical (unpaired) electrons. The summed E-state index contributed by atoms with van der Waals surface area (Å²) in [7, 11) is 3.15. The number of pyridine rings is 1. The van der Waals surface area contributed by atoms with Crippen LogP contribution in [0.2, 0.25) is 0 Å². The zero-order chi connectivity index (χ0) is 22.0. The molecule has 2 aromatic carbocycles. The second-order valence-electron chi connectivity index (χ2n) is 6.57. The van der Waals surface area contributed by atoms with Crippen LogP contribution in [0.3, 0.4) is 0 Å². The molecule has 0 amide bonds. The minimum Gasteiger partial charge on any atom is -0.497 e. The van der Waals surface area contributed by atoms with E-state index in [1.54, 1.807) is 50.6 Å². The van der Waals surface area contributed by atoms with Crippen LogP contribution in [0, 0.1) is 10.1 Å². The van der Waals surface area contributed by atoms with E-state index in [-0.39, 0.29) is 5.82 Å². The van der Waals surface area contributed by atoms with E-state index in [1.165, 1.54) is 6.20 Å². The van der Waals surface area contributed by atoms with Gasteiger partial charge in [-0.1, -0.05) is 18.2 Å². The molecule has 1 N–H and O–H groups in total. The summed E-state index contributed by atoms with van der Waals surface area (Å²) in [5.41, 5.74) is 1.04. The van der Waals surface area contributed by atoms with Gasteiger partial charge in [-0.05, 0) is 48.0 Å². The number of hydrogen-bond donors (Lipinski definition) is 1. The lowest BCUT2D eigenvalue weighted by molar-refractivity contribution is -0.385. The van der Waals surface area contributed by atoms with Gasteiger partial charge < -0.3 is 14.8 Å². The van der Waals surface area contributed by atoms with Gasteiger partial charge in [0.1, 0.15) is 17.1 Å². The van der Waals surface area contributed by atoms with Crippen LogP contribution in [0.25, 0.3) is 16.8 Å². The van der Waals surface area contributed by atoms with E-state index in [4.69, 9.17) is 9.47 Å². The first-order valence-electron chi connectivity index (χ1n) is 9.27. The molecule has 0 aliphatic heterocycles. The van der Waals surface area contributed by atoms with Crippen molar-refractivity contribution in [2.75, 3.05) is 19.5 Å². The lowest BCUT2D eigenvalue weighted by Crippen LogP contribution is -2.20. The number of hydrogen-bond acceptors (Lipinski definition) is 7. The van der Waals surface area contributed by atoms with Gasteiger partial charge in [0.15, 0.2) is 0 Å². The molecule has 2 aromatic heterocycles. The van der Waals surface area contributed by atoms with Gasteiger partial charge >= 0.3 is 11.2 Å². The van der Waals surface area contributed by atoms with Gasteiger partial charge in [0, 0.05) is 17.4 Å². The highest BCUT2D eigenvalue weighted by atomic mass is 16.6. The Balaban J connectivity index is 1.81. The summed E-state index contributed by atoms with van der Waals surface area (Å²) in [5.74, 6) is 1.21. The number of nitrogens with zero attached hydrogens (tertiary/aromatic N) is 3. The number of nitro groups is 1. The van der Waals surface area contributed by atoms with Gasteiger partial charge in [0.05, 0.1) is 19.1 Å². The first-order valence-corrected chi connectivity index (χ1v) is 9.27. The van der Waals surface area contributed by atoms with Crippen LogP contribution >= 0.6 is 0 Å². The van der Waals surface area contributed by atoms with Crippen molar-refractivity contribution >= 4 is 22.8 Å². The Kier molecular flexibility index (Phi) is 5.23. The third-order valence-corrected chi connectivity index (χ3v) is 4.76. The topological polar surface area (TPSA) is 108 Å². The molecule has 31 heavy (non-hydrogen) atoms. The molecule has 0 aliphatic rings. The second-order valence-corrected chi connectivity index (χ2v) is 6.57. The maximum atomic E-state index is 12.6. The lowest BCUT2D eigenvalue weighted by Gasteiger charge is -2.13. The molecule has 0 unspecified atom stereocenters. The summed E-state index contributed by atoms with van der Waals surface area (Å²) in [6.07, 6.45) is 1.44. The number of fused-ring (bicyclic) bond motifs is 1. The van der Waals surface area contributed by atoms with E-state index < -0.39 is 16.2 Å². The van der Waals surface area contributed by atoms with Gasteiger partial charge in [0.25, 0.3) is 0 Å². The summed E-state index contributed by atoms with van der Waals surface area (Å²) in [5, 5.41) is 14.5. The molecule has 0 atom stereocenters. The van der Waals surface area contributed by atoms with E-state index in [9.17, 15) is 14.9 Å². The average molecular weight is 418 g/mol. The Morgan fingerprint density at radius 2 is 1.81 bits per heavy atom. The van der Waals surface area contributed by atoms with Crippen molar-refractivity contribution in [2.45, 2.75) is 0 Å². The van der Waals surface area contributed by atoms with Crippen molar-refractivity contribution in [3.63, 3.8) is 0 Å². The first kappa shape index (κ1) is 19.9. The van der Waals surface area contributed by atoms with Crippen LogP contribution in [0.4, 0.5) is 17.2 Å². The molecule has 0 saturated heterocycles. The molecule has 0 aliphatic carbocycles. The van der Waals surface area contributed by atoms with Crippen molar-refractivity contribution < 1.29 is 14.4 Å². The zero-order valence-electron chi connectivity index (χ0n) is 16.7. The number of benzene rings is 2. The fourth-order valence-electron chi connectivity index (χ4n) is 3.25. The highest BCUT2D eigenvalue weighted by Crippen LogP contribution is 2.35. The van der Waals surface area contributed by atoms with Gasteiger partial charge in [-0.3, -0.25) is 19.3 Å². The van der Waals surface area contributed by atoms with Crippen LogP contribution in [-0.2, 0) is 0 Å². The Morgan fingerprint density at radius 1 is 1.03 bits per heavy atom. The van der Waals surface area contributed by atoms with Crippen LogP contribution in [0.5, 0.6) is 11.5 Å². The Morgan fingerprint density at radius 3 is 2.48 bits per heavy atom. The second kappa shape index (κ2) is 8.15. The van der Waals surface area contributed by atoms with Crippen molar-refractivity contribution in [3.05, 3.63) is 87.3 Å². The highest BCUT2D eigenvalue weighted by molar-refractivity contribution is 5.77. The van der Waals surface area contributed by atoms with Gasteiger partial charge in [-0.2, -0.15) is 0 Å². The van der Waals surface area contributed by atoms with Crippen LogP contribution < -0.4 is 20.3 Å². The summed E-state index contributed by atoms with van der Waals surface area (Å²) in [6, 6.07) is 17.5. The highest BCUT2D eigenvalue weighted by Gasteiger charge is 2.24. The van der Waals surface area contributed by atoms with E-state index in [1.807, 2.05) is 24.3 Å². The monoisotopic (exact) mass is 418 g/mol. The molecule has 0 saturated carbocycles. The Labute approximate surface area is 176 Å². The van der Waals surface area contributed by atoms with E-state index in [0.717, 1.165) is 15.5 Å². The average Bonchev–Trinajstić information content (AvgIpc) is 2.79. The molecule has 4 rings (SSSR count). The normalized spacial score (nSPS) is 10.6. The fourth-order valence-corrected chi connectivity index (χ4v) is 3.25. The molecule has 0 fully saturated rings. The van der Waals surface area contributed by atoms with Crippen molar-refractivity contribution in [3.8, 4) is 22.6 Å². The molecule has 9 nitrogen and oxygen atoms in total. The molecule has 0 bridgehead atoms. The van der Waals surface area contributed by atoms with Crippen molar-refractivity contribution in [1.82, 2.24) is 9.38 Å². The molecule has 2 heterocycles. The molecular weight excluding hydrogens is 400 g/mol. The predicted molar refractivity (Wildman–Crippen MR) is 116 cm³/mol. The third-order valence-electron chi connectivity index (χ3n) is 4.76. The van der Waals surface area contributed by atoms with E-state index in [2.05, 4.69) is 10.3 Å². The first-order chi connectivity index (χ1) is 15.0. The third kappa shape index (κ3) is 3.76. The minimum atomic E-state index is -0.762. The van der Waals surface area contributed by atoms with Crippen LogP contribution in [-0.4, -0.2) is 28.5 Å².